The van der Waals surface area contributed by atoms with Crippen LogP contribution in [-0.2, 0) is 0 Å². The molecule has 0 saturated carbocycles. The third-order valence-corrected chi connectivity index (χ3v) is 12.9. The van der Waals surface area contributed by atoms with Crippen molar-refractivity contribution < 1.29 is 0 Å². The molecule has 4 heterocycles. The lowest BCUT2D eigenvalue weighted by Gasteiger charge is -2.34. The molecule has 57 heavy (non-hydrogen) atoms. The molecule has 8 aromatic carbocycles. The molecule has 0 saturated heterocycles. The predicted octanol–water partition coefficient (Wildman–Crippen LogP) is 13.4. The maximum atomic E-state index is 4.05. The van der Waals surface area contributed by atoms with Gasteiger partial charge in [0.15, 0.2) is 6.29 Å². The van der Waals surface area contributed by atoms with Crippen LogP contribution in [0.4, 0.5) is 0 Å². The van der Waals surface area contributed by atoms with Crippen LogP contribution >= 0.6 is 11.3 Å². The van der Waals surface area contributed by atoms with Gasteiger partial charge in [0, 0.05) is 53.1 Å². The van der Waals surface area contributed by atoms with Gasteiger partial charge in [0.2, 0.25) is 0 Å². The van der Waals surface area contributed by atoms with Crippen LogP contribution in [-0.4, -0.2) is 9.13 Å². The zero-order valence-corrected chi connectivity index (χ0v) is 31.7. The van der Waals surface area contributed by atoms with Crippen molar-refractivity contribution >= 4 is 80.8 Å². The molecule has 2 atom stereocenters. The van der Waals surface area contributed by atoms with Gasteiger partial charge in [-0.05, 0) is 70.8 Å². The van der Waals surface area contributed by atoms with Gasteiger partial charge in [-0.3, -0.25) is 5.32 Å². The van der Waals surface area contributed by atoms with Crippen molar-refractivity contribution in [3.63, 3.8) is 0 Å². The van der Waals surface area contributed by atoms with Gasteiger partial charge in [-0.25, -0.2) is 0 Å². The highest BCUT2D eigenvalue weighted by atomic mass is 32.1. The highest BCUT2D eigenvalue weighted by Gasteiger charge is 2.29. The first-order valence-electron chi connectivity index (χ1n) is 19.6. The summed E-state index contributed by atoms with van der Waals surface area (Å²) in [6.07, 6.45) is 2.09. The Bertz CT molecular complexity index is 3360. The molecule has 3 aromatic heterocycles. The molecule has 2 unspecified atom stereocenters. The Morgan fingerprint density at radius 3 is 1.91 bits per heavy atom. The van der Waals surface area contributed by atoms with E-state index in [1.807, 2.05) is 11.3 Å². The van der Waals surface area contributed by atoms with Crippen LogP contribution in [0.3, 0.4) is 0 Å². The fourth-order valence-electron chi connectivity index (χ4n) is 9.30. The Morgan fingerprint density at radius 2 is 1.11 bits per heavy atom. The van der Waals surface area contributed by atoms with E-state index in [9.17, 15) is 0 Å². The lowest BCUT2D eigenvalue weighted by Crippen LogP contribution is -2.43. The van der Waals surface area contributed by atoms with Crippen molar-refractivity contribution in [1.29, 1.82) is 0 Å². The molecule has 12 rings (SSSR count). The monoisotopic (exact) mass is 748 g/mol. The van der Waals surface area contributed by atoms with Gasteiger partial charge in [0.1, 0.15) is 0 Å². The second kappa shape index (κ2) is 12.8. The average molecular weight is 749 g/mol. The third-order valence-electron chi connectivity index (χ3n) is 11.8. The average Bonchev–Trinajstić information content (AvgIpc) is 3.95. The minimum atomic E-state index is -0.236. The molecule has 0 fully saturated rings. The summed E-state index contributed by atoms with van der Waals surface area (Å²) in [6.45, 7) is 0. The number of hydrogen-bond donors (Lipinski definition) is 2. The van der Waals surface area contributed by atoms with Crippen molar-refractivity contribution in [1.82, 2.24) is 19.8 Å². The highest BCUT2D eigenvalue weighted by molar-refractivity contribution is 7.26. The molecule has 0 aliphatic carbocycles. The van der Waals surface area contributed by atoms with Gasteiger partial charge in [-0.2, -0.15) is 0 Å². The summed E-state index contributed by atoms with van der Waals surface area (Å²) < 4.78 is 7.57. The number of aromatic nitrogens is 2. The molecule has 0 radical (unpaired) electrons. The maximum absolute atomic E-state index is 4.05. The van der Waals surface area contributed by atoms with E-state index in [0.717, 1.165) is 11.4 Å². The van der Waals surface area contributed by atoms with Gasteiger partial charge >= 0.3 is 0 Å². The van der Waals surface area contributed by atoms with Crippen LogP contribution in [0.2, 0.25) is 0 Å². The topological polar surface area (TPSA) is 33.9 Å². The van der Waals surface area contributed by atoms with Crippen molar-refractivity contribution in [2.45, 2.75) is 12.3 Å². The van der Waals surface area contributed by atoms with Crippen LogP contribution in [0.5, 0.6) is 0 Å². The van der Waals surface area contributed by atoms with Gasteiger partial charge in [-0.1, -0.05) is 146 Å². The lowest BCUT2D eigenvalue weighted by molar-refractivity contribution is 0.351. The second-order valence-electron chi connectivity index (χ2n) is 15.0. The minimum Gasteiger partial charge on any atom is -0.352 e. The van der Waals surface area contributed by atoms with Crippen molar-refractivity contribution in [2.24, 2.45) is 0 Å². The summed E-state index contributed by atoms with van der Waals surface area (Å²) in [7, 11) is 0. The number of benzene rings is 8. The van der Waals surface area contributed by atoms with Gasteiger partial charge in [-0.15, -0.1) is 11.3 Å². The number of fused-ring (bicyclic) bond motifs is 11. The summed E-state index contributed by atoms with van der Waals surface area (Å²) in [5.74, 6) is 0. The first-order valence-corrected chi connectivity index (χ1v) is 20.4. The molecular formula is C52H36N4S. The molecule has 1 aliphatic heterocycles. The Morgan fingerprint density at radius 1 is 0.456 bits per heavy atom. The summed E-state index contributed by atoms with van der Waals surface area (Å²) in [5, 5.41) is 15.7. The molecule has 0 spiro atoms. The maximum Gasteiger partial charge on any atom is 0.160 e. The zero-order valence-electron chi connectivity index (χ0n) is 30.9. The first-order chi connectivity index (χ1) is 28.3. The van der Waals surface area contributed by atoms with Crippen LogP contribution in [0.1, 0.15) is 23.5 Å². The Balaban J connectivity index is 1.16. The SMILES string of the molecule is C1=C(c2ccccc2)NC(n2c3ccccc3c3ccc4sc5ccc6c(c7ccccc7n6-c6cccc(-c7ccccc7)c6)c5c4c32)NC1c1ccccc1. The van der Waals surface area contributed by atoms with Crippen LogP contribution in [0.25, 0.3) is 86.3 Å². The second-order valence-corrected chi connectivity index (χ2v) is 16.1. The Hall–Kier alpha value is -6.92. The largest absolute Gasteiger partial charge is 0.352 e. The van der Waals surface area contributed by atoms with Crippen molar-refractivity contribution in [3.05, 3.63) is 205 Å². The van der Waals surface area contributed by atoms with E-state index in [4.69, 9.17) is 0 Å². The van der Waals surface area contributed by atoms with Crippen molar-refractivity contribution in [2.75, 3.05) is 0 Å². The van der Waals surface area contributed by atoms with E-state index >= 15 is 0 Å². The van der Waals surface area contributed by atoms with Crippen molar-refractivity contribution in [3.8, 4) is 16.8 Å². The number of nitrogens with zero attached hydrogens (tertiary/aromatic N) is 2. The summed E-state index contributed by atoms with van der Waals surface area (Å²) in [4.78, 5) is 0. The van der Waals surface area contributed by atoms with E-state index in [1.54, 1.807) is 0 Å². The Labute approximate surface area is 333 Å². The van der Waals surface area contributed by atoms with Crippen LogP contribution in [0, 0.1) is 0 Å². The number of nitrogens with one attached hydrogen (secondary N) is 2. The summed E-state index contributed by atoms with van der Waals surface area (Å²) in [5.41, 5.74) is 11.9. The molecule has 0 bridgehead atoms. The fraction of sp³-hybridized carbons (Fsp3) is 0.0385. The molecule has 0 amide bonds. The predicted molar refractivity (Wildman–Crippen MR) is 241 cm³/mol. The summed E-state index contributed by atoms with van der Waals surface area (Å²) >= 11 is 1.89. The number of thiophene rings is 1. The summed E-state index contributed by atoms with van der Waals surface area (Å²) in [6, 6.07) is 68.3. The van der Waals surface area contributed by atoms with E-state index in [1.165, 1.54) is 86.0 Å². The van der Waals surface area contributed by atoms with E-state index < -0.39 is 0 Å². The molecule has 4 nitrogen and oxygen atoms in total. The van der Waals surface area contributed by atoms with E-state index in [0.29, 0.717) is 0 Å². The lowest BCUT2D eigenvalue weighted by atomic mass is 10.0. The molecule has 270 valence electrons. The Kier molecular flexibility index (Phi) is 7.27. The quantitative estimate of drug-likeness (QED) is 0.184. The zero-order chi connectivity index (χ0) is 37.5. The fourth-order valence-corrected chi connectivity index (χ4v) is 10.4. The van der Waals surface area contributed by atoms with Crippen LogP contribution < -0.4 is 10.6 Å². The third kappa shape index (κ3) is 5.03. The van der Waals surface area contributed by atoms with E-state index in [2.05, 4.69) is 214 Å². The van der Waals surface area contributed by atoms with Gasteiger partial charge in [0.05, 0.1) is 28.1 Å². The molecule has 5 heteroatoms. The van der Waals surface area contributed by atoms with Crippen LogP contribution in [0.15, 0.2) is 194 Å². The standard InChI is InChI=1S/C52H36N4S/c1-4-15-33(16-5-1)36-21-14-22-37(31-36)55-44-26-13-11-24-40(44)48-45(55)28-30-46-49(48)50-47(57-46)29-27-39-38-23-10-12-25-43(38)56(51(39)50)52-53-41(34-17-6-2-7-18-34)32-42(54-52)35-19-8-3-9-20-35/h1-32,41,52-54H. The van der Waals surface area contributed by atoms with Gasteiger partial charge < -0.3 is 14.5 Å². The molecule has 2 N–H and O–H groups in total. The number of rotatable bonds is 5. The minimum absolute atomic E-state index is 0.00128. The smallest absolute Gasteiger partial charge is 0.160 e. The molecule has 1 aliphatic rings. The van der Waals surface area contributed by atoms with Gasteiger partial charge in [0.25, 0.3) is 0 Å². The molecule has 11 aromatic rings. The normalized spacial score (nSPS) is 15.9. The molecular weight excluding hydrogens is 713 g/mol. The number of para-hydroxylation sites is 2. The van der Waals surface area contributed by atoms with E-state index in [-0.39, 0.29) is 12.3 Å². The number of hydrogen-bond acceptors (Lipinski definition) is 3. The highest BCUT2D eigenvalue weighted by Crippen LogP contribution is 2.48. The first kappa shape index (κ1) is 32.3.